The van der Waals surface area contributed by atoms with Crippen LogP contribution < -0.4 is 80.2 Å². The van der Waals surface area contributed by atoms with Crippen molar-refractivity contribution in [1.29, 1.82) is 0 Å². The normalized spacial score (nSPS) is 27.9. The van der Waals surface area contributed by atoms with Crippen LogP contribution in [0.5, 0.6) is 0 Å². The topological polar surface area (TPSA) is 188 Å². The van der Waals surface area contributed by atoms with Crippen molar-refractivity contribution in [2.45, 2.75) is 30.6 Å². The molecular weight excluding hydrogens is 369 g/mol. The molecule has 124 valence electrons. The summed E-state index contributed by atoms with van der Waals surface area (Å²) in [6.45, 7) is 0. The third kappa shape index (κ3) is 5.85. The molecule has 1 saturated heterocycles. The van der Waals surface area contributed by atoms with Crippen LogP contribution in [0.25, 0.3) is 0 Å². The van der Waals surface area contributed by atoms with Gasteiger partial charge in [0.1, 0.15) is 18.3 Å². The Kier molecular flexibility index (Phi) is 9.83. The van der Waals surface area contributed by atoms with Crippen molar-refractivity contribution >= 4 is 7.60 Å². The van der Waals surface area contributed by atoms with Gasteiger partial charge in [0.15, 0.2) is 6.23 Å². The summed E-state index contributed by atoms with van der Waals surface area (Å²) < 4.78 is 16.5. The summed E-state index contributed by atoms with van der Waals surface area (Å²) >= 11 is 0. The van der Waals surface area contributed by atoms with Crippen LogP contribution in [0.1, 0.15) is 6.23 Å². The first kappa shape index (κ1) is 24.7. The number of nitrogens with zero attached hydrogens (tertiary/aromatic N) is 1. The molecule has 24 heavy (non-hydrogen) atoms. The third-order valence-corrected chi connectivity index (χ3v) is 4.01. The van der Waals surface area contributed by atoms with E-state index in [1.807, 2.05) is 4.98 Å². The second kappa shape index (κ2) is 9.56. The number of aliphatic hydroxyl groups excluding tert-OH is 3. The zero-order valence-electron chi connectivity index (χ0n) is 12.9. The molecule has 0 spiro atoms. The molecule has 1 aromatic heterocycles. The molecule has 11 nitrogen and oxygen atoms in total. The molecule has 1 aromatic rings. The summed E-state index contributed by atoms with van der Waals surface area (Å²) in [6, 6.07) is 0.969. The van der Waals surface area contributed by atoms with Crippen LogP contribution >= 0.6 is 7.60 Å². The fourth-order valence-corrected chi connectivity index (χ4v) is 2.86. The molecule has 0 aromatic carbocycles. The molecule has 0 saturated carbocycles. The minimum Gasteiger partial charge on any atom is -0.811 e. The zero-order chi connectivity index (χ0) is 16.7. The quantitative estimate of drug-likeness (QED) is 0.289. The molecule has 4 N–H and O–H groups in total. The number of hydrogen-bond donors (Lipinski definition) is 4. The largest absolute Gasteiger partial charge is 1.00 e. The minimum atomic E-state index is -5.07. The van der Waals surface area contributed by atoms with Crippen molar-refractivity contribution < 1.29 is 93.5 Å². The maximum Gasteiger partial charge on any atom is 1.00 e. The Labute approximate surface area is 179 Å². The van der Waals surface area contributed by atoms with Gasteiger partial charge in [0.2, 0.25) is 0 Å². The maximum absolute atomic E-state index is 11.6. The zero-order valence-corrected chi connectivity index (χ0v) is 17.8. The average Bonchev–Trinajstić information content (AvgIpc) is 2.65. The van der Waals surface area contributed by atoms with E-state index in [-0.39, 0.29) is 59.1 Å². The van der Waals surface area contributed by atoms with E-state index in [1.54, 1.807) is 0 Å². The molecule has 0 unspecified atom stereocenters. The van der Waals surface area contributed by atoms with Crippen molar-refractivity contribution in [3.63, 3.8) is 0 Å². The van der Waals surface area contributed by atoms with Gasteiger partial charge >= 0.3 is 64.8 Å². The number of aromatic nitrogens is 2. The van der Waals surface area contributed by atoms with E-state index in [0.717, 1.165) is 16.8 Å². The number of aromatic amines is 1. The van der Waals surface area contributed by atoms with Crippen LogP contribution in [-0.2, 0) is 9.30 Å². The summed E-state index contributed by atoms with van der Waals surface area (Å²) in [7, 11) is -5.07. The Hall–Kier alpha value is 0.670. The summed E-state index contributed by atoms with van der Waals surface area (Å²) in [4.78, 5) is 45.8. The number of rotatable bonds is 4. The maximum atomic E-state index is 11.6. The van der Waals surface area contributed by atoms with Gasteiger partial charge in [0, 0.05) is 18.4 Å². The van der Waals surface area contributed by atoms with Crippen molar-refractivity contribution in [3.8, 4) is 0 Å². The van der Waals surface area contributed by atoms with Crippen LogP contribution in [0, 0.1) is 0 Å². The number of nitrogens with one attached hydrogen (secondary N) is 1. The molecule has 0 aliphatic carbocycles. The number of H-pyrrole nitrogens is 1. The van der Waals surface area contributed by atoms with Gasteiger partial charge in [-0.15, -0.1) is 0 Å². The van der Waals surface area contributed by atoms with Crippen LogP contribution in [0.4, 0.5) is 0 Å². The standard InChI is InChI=1S/C10H15N2O9P.2Na/c13-4(3-22(18,19)20)8-6(15)7(16)9(21-8)12-2-1-5(14)11-10(12)17;;/h1-2,4,6-9,13,15-16H,3H2,(H,11,14,17)(H2,18,19,20);;/q;2*+1/p-2/t4-,6-,7+,8+,9+;;/m0../s1. The fourth-order valence-electron chi connectivity index (χ4n) is 2.19. The van der Waals surface area contributed by atoms with Crippen molar-refractivity contribution in [3.05, 3.63) is 33.1 Å². The third-order valence-electron chi connectivity index (χ3n) is 3.19. The Morgan fingerprint density at radius 3 is 2.38 bits per heavy atom. The van der Waals surface area contributed by atoms with E-state index in [1.165, 1.54) is 0 Å². The summed E-state index contributed by atoms with van der Waals surface area (Å²) in [5, 5.41) is 29.3. The molecule has 5 atom stereocenters. The molecule has 1 fully saturated rings. The Morgan fingerprint density at radius 1 is 1.29 bits per heavy atom. The molecule has 14 heteroatoms. The van der Waals surface area contributed by atoms with Crippen molar-refractivity contribution in [2.24, 2.45) is 0 Å². The van der Waals surface area contributed by atoms with Gasteiger partial charge in [-0.2, -0.15) is 0 Å². The van der Waals surface area contributed by atoms with Gasteiger partial charge in [-0.05, 0) is 0 Å². The molecule has 1 aliphatic heterocycles. The number of hydrogen-bond acceptors (Lipinski definition) is 9. The van der Waals surface area contributed by atoms with E-state index in [9.17, 15) is 39.3 Å². The van der Waals surface area contributed by atoms with Gasteiger partial charge in [0.05, 0.1) is 6.10 Å². The van der Waals surface area contributed by atoms with Gasteiger partial charge in [0.25, 0.3) is 5.56 Å². The second-order valence-electron chi connectivity index (χ2n) is 4.85. The number of ether oxygens (including phenoxy) is 1. The van der Waals surface area contributed by atoms with Crippen molar-refractivity contribution in [2.75, 3.05) is 6.16 Å². The first-order valence-corrected chi connectivity index (χ1v) is 7.85. The van der Waals surface area contributed by atoms with Gasteiger partial charge in [-0.1, -0.05) is 7.60 Å². The van der Waals surface area contributed by atoms with Gasteiger partial charge < -0.3 is 34.4 Å². The van der Waals surface area contributed by atoms with Crippen LogP contribution in [0.2, 0.25) is 0 Å². The molecular formula is C10H13N2Na2O9P. The van der Waals surface area contributed by atoms with Crippen LogP contribution in [-0.4, -0.2) is 55.4 Å². The monoisotopic (exact) mass is 382 g/mol. The van der Waals surface area contributed by atoms with E-state index < -0.39 is 55.7 Å². The molecule has 0 radical (unpaired) electrons. The Morgan fingerprint density at radius 2 is 1.88 bits per heavy atom. The van der Waals surface area contributed by atoms with E-state index >= 15 is 0 Å². The van der Waals surface area contributed by atoms with E-state index in [0.29, 0.717) is 0 Å². The van der Waals surface area contributed by atoms with Crippen LogP contribution in [0.3, 0.4) is 0 Å². The summed E-state index contributed by atoms with van der Waals surface area (Å²) in [5.74, 6) is 0. The predicted molar refractivity (Wildman–Crippen MR) is 65.7 cm³/mol. The van der Waals surface area contributed by atoms with Crippen LogP contribution in [0.15, 0.2) is 21.9 Å². The fraction of sp³-hybridized carbons (Fsp3) is 0.600. The average molecular weight is 382 g/mol. The summed E-state index contributed by atoms with van der Waals surface area (Å²) in [6.07, 6.45) is -8.54. The second-order valence-corrected chi connectivity index (χ2v) is 6.44. The van der Waals surface area contributed by atoms with Crippen molar-refractivity contribution in [1.82, 2.24) is 9.55 Å². The smallest absolute Gasteiger partial charge is 0.811 e. The Bertz CT molecular complexity index is 704. The van der Waals surface area contributed by atoms with Gasteiger partial charge in [-0.25, -0.2) is 4.79 Å². The first-order chi connectivity index (χ1) is 10.1. The van der Waals surface area contributed by atoms with E-state index in [4.69, 9.17) is 4.74 Å². The Balaban J connectivity index is 0.00000264. The SMILES string of the molecule is O=c1ccn([C@@H]2O[C@H]([C@@H](O)CP(=O)([O-])[O-])[C@@H](O)[C@H]2O)c(=O)[nH]1.[Na+].[Na+]. The minimum absolute atomic E-state index is 0. The predicted octanol–water partition coefficient (Wildman–Crippen LogP) is -10.6. The van der Waals surface area contributed by atoms with E-state index in [2.05, 4.69) is 0 Å². The number of aliphatic hydroxyl groups is 3. The van der Waals surface area contributed by atoms with Gasteiger partial charge in [-0.3, -0.25) is 14.3 Å². The molecule has 2 rings (SSSR count). The molecule has 0 bridgehead atoms. The molecule has 0 amide bonds. The first-order valence-electron chi connectivity index (χ1n) is 6.12. The molecule has 1 aliphatic rings. The summed E-state index contributed by atoms with van der Waals surface area (Å²) in [5.41, 5.74) is -1.62. The molecule has 2 heterocycles.